The molecule has 0 aliphatic rings. The normalized spacial score (nSPS) is 10.2. The number of anilines is 1. The summed E-state index contributed by atoms with van der Waals surface area (Å²) >= 11 is 0. The number of benzene rings is 2. The lowest BCUT2D eigenvalue weighted by molar-refractivity contribution is -0.118. The summed E-state index contributed by atoms with van der Waals surface area (Å²) in [7, 11) is 1.60. The summed E-state index contributed by atoms with van der Waals surface area (Å²) in [6.07, 6.45) is 4.67. The van der Waals surface area contributed by atoms with Gasteiger partial charge in [0.2, 0.25) is 0 Å². The molecule has 2 aromatic rings. The van der Waals surface area contributed by atoms with Gasteiger partial charge in [0.05, 0.1) is 13.7 Å². The predicted molar refractivity (Wildman–Crippen MR) is 103 cm³/mol. The first kappa shape index (κ1) is 19.6. The number of methoxy groups -OCH3 is 1. The fourth-order valence-corrected chi connectivity index (χ4v) is 2.39. The van der Waals surface area contributed by atoms with Crippen molar-refractivity contribution < 1.29 is 19.0 Å². The average Bonchev–Trinajstić information content (AvgIpc) is 2.67. The minimum Gasteiger partial charge on any atom is -0.497 e. The smallest absolute Gasteiger partial charge is 0.262 e. The Kier molecular flexibility index (Phi) is 8.33. The highest BCUT2D eigenvalue weighted by atomic mass is 16.5. The SMILES string of the molecule is CCCCCCOc1cccc(OCC(=O)Nc2ccc(OC)cc2)c1. The molecule has 0 radical (unpaired) electrons. The quantitative estimate of drug-likeness (QED) is 0.594. The van der Waals surface area contributed by atoms with Crippen molar-refractivity contribution in [2.75, 3.05) is 25.6 Å². The molecular weight excluding hydrogens is 330 g/mol. The largest absolute Gasteiger partial charge is 0.497 e. The number of hydrogen-bond donors (Lipinski definition) is 1. The Hall–Kier alpha value is -2.69. The zero-order chi connectivity index (χ0) is 18.6. The van der Waals surface area contributed by atoms with Gasteiger partial charge in [-0.1, -0.05) is 32.3 Å². The van der Waals surface area contributed by atoms with Crippen molar-refractivity contribution in [3.63, 3.8) is 0 Å². The van der Waals surface area contributed by atoms with E-state index in [0.717, 1.165) is 17.9 Å². The minimum absolute atomic E-state index is 0.0635. The van der Waals surface area contributed by atoms with E-state index in [4.69, 9.17) is 14.2 Å². The van der Waals surface area contributed by atoms with Crippen LogP contribution in [0.5, 0.6) is 17.2 Å². The van der Waals surface area contributed by atoms with Crippen LogP contribution in [0.25, 0.3) is 0 Å². The van der Waals surface area contributed by atoms with Gasteiger partial charge in [0.25, 0.3) is 5.91 Å². The molecule has 2 rings (SSSR count). The van der Waals surface area contributed by atoms with Crippen LogP contribution in [0.2, 0.25) is 0 Å². The lowest BCUT2D eigenvalue weighted by atomic mass is 10.2. The average molecular weight is 357 g/mol. The molecule has 0 saturated carbocycles. The Bertz CT molecular complexity index is 670. The van der Waals surface area contributed by atoms with Gasteiger partial charge < -0.3 is 19.5 Å². The summed E-state index contributed by atoms with van der Waals surface area (Å²) in [4.78, 5) is 12.0. The number of amides is 1. The van der Waals surface area contributed by atoms with Gasteiger partial charge in [0.1, 0.15) is 17.2 Å². The molecule has 0 heterocycles. The lowest BCUT2D eigenvalue weighted by Gasteiger charge is -2.10. The monoisotopic (exact) mass is 357 g/mol. The standard InChI is InChI=1S/C21H27NO4/c1-3-4-5-6-14-25-19-8-7-9-20(15-19)26-16-21(23)22-17-10-12-18(24-2)13-11-17/h7-13,15H,3-6,14,16H2,1-2H3,(H,22,23). The molecule has 0 aliphatic carbocycles. The Morgan fingerprint density at radius 2 is 1.65 bits per heavy atom. The second-order valence-corrected chi connectivity index (χ2v) is 5.95. The summed E-state index contributed by atoms with van der Waals surface area (Å²) in [6.45, 7) is 2.82. The summed E-state index contributed by atoms with van der Waals surface area (Å²) in [5, 5.41) is 2.78. The fourth-order valence-electron chi connectivity index (χ4n) is 2.39. The van der Waals surface area contributed by atoms with Crippen LogP contribution >= 0.6 is 0 Å². The number of carbonyl (C=O) groups excluding carboxylic acids is 1. The summed E-state index contributed by atoms with van der Waals surface area (Å²) in [6, 6.07) is 14.5. The summed E-state index contributed by atoms with van der Waals surface area (Å²) < 4.78 is 16.4. The van der Waals surface area contributed by atoms with Gasteiger partial charge in [-0.25, -0.2) is 0 Å². The Labute approximate surface area is 155 Å². The van der Waals surface area contributed by atoms with Crippen molar-refractivity contribution in [1.29, 1.82) is 0 Å². The van der Waals surface area contributed by atoms with Crippen LogP contribution < -0.4 is 19.5 Å². The molecule has 5 heteroatoms. The van der Waals surface area contributed by atoms with Crippen molar-refractivity contribution in [3.05, 3.63) is 48.5 Å². The lowest BCUT2D eigenvalue weighted by Crippen LogP contribution is -2.20. The first-order valence-corrected chi connectivity index (χ1v) is 9.01. The molecule has 2 aromatic carbocycles. The first-order chi connectivity index (χ1) is 12.7. The molecule has 1 amide bonds. The molecule has 0 unspecified atom stereocenters. The molecule has 0 aromatic heterocycles. The second kappa shape index (κ2) is 11.0. The molecule has 0 bridgehead atoms. The van der Waals surface area contributed by atoms with E-state index in [-0.39, 0.29) is 12.5 Å². The third kappa shape index (κ3) is 7.05. The number of rotatable bonds is 11. The van der Waals surface area contributed by atoms with Gasteiger partial charge in [-0.3, -0.25) is 4.79 Å². The number of unbranched alkanes of at least 4 members (excludes halogenated alkanes) is 3. The molecule has 0 spiro atoms. The molecule has 0 aliphatic heterocycles. The molecule has 5 nitrogen and oxygen atoms in total. The van der Waals surface area contributed by atoms with Gasteiger partial charge in [0.15, 0.2) is 6.61 Å². The summed E-state index contributed by atoms with van der Waals surface area (Å²) in [5.74, 6) is 1.89. The number of ether oxygens (including phenoxy) is 3. The zero-order valence-electron chi connectivity index (χ0n) is 15.5. The van der Waals surface area contributed by atoms with Crippen LogP contribution in [0, 0.1) is 0 Å². The van der Waals surface area contributed by atoms with Crippen LogP contribution in [0.4, 0.5) is 5.69 Å². The highest BCUT2D eigenvalue weighted by Gasteiger charge is 2.05. The Morgan fingerprint density at radius 1 is 0.923 bits per heavy atom. The van der Waals surface area contributed by atoms with E-state index in [1.165, 1.54) is 19.3 Å². The third-order valence-corrected chi connectivity index (χ3v) is 3.82. The van der Waals surface area contributed by atoms with E-state index >= 15 is 0 Å². The number of carbonyl (C=O) groups is 1. The molecule has 0 atom stereocenters. The highest BCUT2D eigenvalue weighted by molar-refractivity contribution is 5.91. The van der Waals surface area contributed by atoms with E-state index < -0.39 is 0 Å². The topological polar surface area (TPSA) is 56.8 Å². The van der Waals surface area contributed by atoms with Crippen LogP contribution in [0.3, 0.4) is 0 Å². The number of nitrogens with one attached hydrogen (secondary N) is 1. The molecule has 26 heavy (non-hydrogen) atoms. The zero-order valence-corrected chi connectivity index (χ0v) is 15.5. The number of hydrogen-bond acceptors (Lipinski definition) is 4. The Balaban J connectivity index is 1.75. The highest BCUT2D eigenvalue weighted by Crippen LogP contribution is 2.20. The molecule has 1 N–H and O–H groups in total. The molecule has 0 fully saturated rings. The maximum Gasteiger partial charge on any atom is 0.262 e. The molecule has 140 valence electrons. The maximum atomic E-state index is 12.0. The van der Waals surface area contributed by atoms with Crippen LogP contribution in [0.1, 0.15) is 32.6 Å². The van der Waals surface area contributed by atoms with Gasteiger partial charge in [-0.15, -0.1) is 0 Å². The van der Waals surface area contributed by atoms with Crippen molar-refractivity contribution in [2.24, 2.45) is 0 Å². The van der Waals surface area contributed by atoms with Crippen LogP contribution in [0.15, 0.2) is 48.5 Å². The van der Waals surface area contributed by atoms with Crippen LogP contribution in [-0.4, -0.2) is 26.2 Å². The first-order valence-electron chi connectivity index (χ1n) is 9.01. The van der Waals surface area contributed by atoms with E-state index in [0.29, 0.717) is 18.0 Å². The molecule has 0 saturated heterocycles. The van der Waals surface area contributed by atoms with Crippen molar-refractivity contribution in [1.82, 2.24) is 0 Å². The summed E-state index contributed by atoms with van der Waals surface area (Å²) in [5.41, 5.74) is 0.698. The fraction of sp³-hybridized carbons (Fsp3) is 0.381. The van der Waals surface area contributed by atoms with E-state index in [2.05, 4.69) is 12.2 Å². The second-order valence-electron chi connectivity index (χ2n) is 5.95. The minimum atomic E-state index is -0.221. The maximum absolute atomic E-state index is 12.0. The van der Waals surface area contributed by atoms with E-state index in [9.17, 15) is 4.79 Å². The molecular formula is C21H27NO4. The third-order valence-electron chi connectivity index (χ3n) is 3.82. The van der Waals surface area contributed by atoms with Gasteiger partial charge in [-0.05, 0) is 42.8 Å². The van der Waals surface area contributed by atoms with Crippen molar-refractivity contribution >= 4 is 11.6 Å². The van der Waals surface area contributed by atoms with Crippen LogP contribution in [-0.2, 0) is 4.79 Å². The van der Waals surface area contributed by atoms with Crippen molar-refractivity contribution in [3.8, 4) is 17.2 Å². The van der Waals surface area contributed by atoms with Crippen molar-refractivity contribution in [2.45, 2.75) is 32.6 Å². The van der Waals surface area contributed by atoms with E-state index in [1.807, 2.05) is 18.2 Å². The van der Waals surface area contributed by atoms with E-state index in [1.54, 1.807) is 37.4 Å². The van der Waals surface area contributed by atoms with Gasteiger partial charge >= 0.3 is 0 Å². The predicted octanol–water partition coefficient (Wildman–Crippen LogP) is 4.67. The Morgan fingerprint density at radius 3 is 2.35 bits per heavy atom. The van der Waals surface area contributed by atoms with Gasteiger partial charge in [0, 0.05) is 11.8 Å². The van der Waals surface area contributed by atoms with Gasteiger partial charge in [-0.2, -0.15) is 0 Å².